The molecule has 0 fully saturated rings. The molecule has 0 amide bonds. The largest absolute Gasteiger partial charge is 0.462 e. The first-order chi connectivity index (χ1) is 5.11. The molecule has 3 heteroatoms. The van der Waals surface area contributed by atoms with Crippen molar-refractivity contribution in [2.24, 2.45) is 0 Å². The molecule has 0 aliphatic rings. The van der Waals surface area contributed by atoms with Gasteiger partial charge >= 0.3 is 5.97 Å². The summed E-state index contributed by atoms with van der Waals surface area (Å²) in [6.45, 7) is 5.89. The molecule has 0 bridgehead atoms. The van der Waals surface area contributed by atoms with Crippen LogP contribution in [-0.2, 0) is 9.53 Å². The number of carbonyl (C=O) groups is 1. The lowest BCUT2D eigenvalue weighted by Gasteiger charge is -2.14. The van der Waals surface area contributed by atoms with Gasteiger partial charge in [-0.15, -0.1) is 0 Å². The van der Waals surface area contributed by atoms with E-state index in [0.717, 1.165) is 12.8 Å². The van der Waals surface area contributed by atoms with Crippen LogP contribution >= 0.6 is 22.6 Å². The summed E-state index contributed by atoms with van der Waals surface area (Å²) in [5, 5.41) is 0. The molecule has 0 radical (unpaired) electrons. The molecule has 0 aliphatic carbocycles. The van der Waals surface area contributed by atoms with Crippen LogP contribution in [0.25, 0.3) is 0 Å². The molecule has 11 heavy (non-hydrogen) atoms. The molecule has 0 rings (SSSR count). The Balaban J connectivity index is 3.72. The maximum absolute atomic E-state index is 11.0. The van der Waals surface area contributed by atoms with Gasteiger partial charge in [0.2, 0.25) is 0 Å². The summed E-state index contributed by atoms with van der Waals surface area (Å²) in [7, 11) is 0. The van der Waals surface area contributed by atoms with Gasteiger partial charge in [0.1, 0.15) is 10.0 Å². The molecule has 0 heterocycles. The Morgan fingerprint density at radius 2 is 1.91 bits per heavy atom. The molecule has 0 spiro atoms. The van der Waals surface area contributed by atoms with Crippen LogP contribution in [-0.4, -0.2) is 16.0 Å². The second kappa shape index (κ2) is 5.80. The van der Waals surface area contributed by atoms with Gasteiger partial charge in [-0.1, -0.05) is 36.4 Å². The van der Waals surface area contributed by atoms with Crippen LogP contribution in [0.15, 0.2) is 0 Å². The summed E-state index contributed by atoms with van der Waals surface area (Å²) in [6.07, 6.45) is 1.93. The zero-order valence-corrected chi connectivity index (χ0v) is 9.42. The number of alkyl halides is 1. The predicted octanol–water partition coefficient (Wildman–Crippen LogP) is 2.54. The van der Waals surface area contributed by atoms with E-state index in [1.165, 1.54) is 0 Å². The molecule has 0 saturated heterocycles. The van der Waals surface area contributed by atoms with Crippen molar-refractivity contribution in [3.05, 3.63) is 0 Å². The summed E-state index contributed by atoms with van der Waals surface area (Å²) in [4.78, 5) is 11.0. The van der Waals surface area contributed by atoms with Crippen molar-refractivity contribution in [1.82, 2.24) is 0 Å². The predicted molar refractivity (Wildman–Crippen MR) is 53.9 cm³/mol. The summed E-state index contributed by atoms with van der Waals surface area (Å²) in [5.41, 5.74) is 0. The maximum atomic E-state index is 11.0. The van der Waals surface area contributed by atoms with Gasteiger partial charge in [0, 0.05) is 0 Å². The van der Waals surface area contributed by atoms with E-state index < -0.39 is 0 Å². The van der Waals surface area contributed by atoms with Crippen LogP contribution in [0.4, 0.5) is 0 Å². The van der Waals surface area contributed by atoms with Crippen molar-refractivity contribution in [2.75, 3.05) is 0 Å². The molecule has 0 saturated carbocycles. The van der Waals surface area contributed by atoms with Gasteiger partial charge in [-0.05, 0) is 19.8 Å². The van der Waals surface area contributed by atoms with Crippen molar-refractivity contribution >= 4 is 28.6 Å². The fourth-order valence-corrected chi connectivity index (χ4v) is 0.860. The SMILES string of the molecule is CCC(CC)OC(=O)C(C)I. The van der Waals surface area contributed by atoms with E-state index in [-0.39, 0.29) is 16.0 Å². The first-order valence-corrected chi connectivity index (χ1v) is 5.20. The first kappa shape index (κ1) is 11.2. The molecule has 0 aliphatic heterocycles. The van der Waals surface area contributed by atoms with Crippen LogP contribution < -0.4 is 0 Å². The number of rotatable bonds is 4. The minimum absolute atomic E-state index is 0.0341. The molecule has 0 aromatic rings. The van der Waals surface area contributed by atoms with Gasteiger partial charge in [0.25, 0.3) is 0 Å². The summed E-state index contributed by atoms with van der Waals surface area (Å²) in [5.74, 6) is -0.0979. The van der Waals surface area contributed by atoms with Gasteiger partial charge in [0.15, 0.2) is 0 Å². The lowest BCUT2D eigenvalue weighted by molar-refractivity contribution is -0.147. The number of esters is 1. The van der Waals surface area contributed by atoms with Crippen molar-refractivity contribution in [3.8, 4) is 0 Å². The van der Waals surface area contributed by atoms with Crippen LogP contribution in [0, 0.1) is 0 Å². The summed E-state index contributed by atoms with van der Waals surface area (Å²) >= 11 is 2.06. The average Bonchev–Trinajstić information content (AvgIpc) is 1.99. The maximum Gasteiger partial charge on any atom is 0.318 e. The topological polar surface area (TPSA) is 26.3 Å². The van der Waals surface area contributed by atoms with E-state index in [0.29, 0.717) is 0 Å². The third-order valence-electron chi connectivity index (χ3n) is 1.52. The molecule has 66 valence electrons. The van der Waals surface area contributed by atoms with Gasteiger partial charge in [-0.2, -0.15) is 0 Å². The monoisotopic (exact) mass is 270 g/mol. The van der Waals surface area contributed by atoms with E-state index in [2.05, 4.69) is 22.6 Å². The highest BCUT2D eigenvalue weighted by Crippen LogP contribution is 2.08. The highest BCUT2D eigenvalue weighted by atomic mass is 127. The highest BCUT2D eigenvalue weighted by molar-refractivity contribution is 14.1. The Bertz CT molecular complexity index is 119. The third kappa shape index (κ3) is 4.61. The van der Waals surface area contributed by atoms with Gasteiger partial charge in [0.05, 0.1) is 0 Å². The van der Waals surface area contributed by atoms with Crippen LogP contribution in [0.2, 0.25) is 0 Å². The zero-order chi connectivity index (χ0) is 8.85. The Morgan fingerprint density at radius 3 is 2.18 bits per heavy atom. The number of hydrogen-bond acceptors (Lipinski definition) is 2. The fraction of sp³-hybridized carbons (Fsp3) is 0.875. The highest BCUT2D eigenvalue weighted by Gasteiger charge is 2.14. The molecule has 1 unspecified atom stereocenters. The Hall–Kier alpha value is 0.200. The van der Waals surface area contributed by atoms with Gasteiger partial charge in [-0.3, -0.25) is 4.79 Å². The third-order valence-corrected chi connectivity index (χ3v) is 2.03. The molecular formula is C8H15IO2. The first-order valence-electron chi connectivity index (χ1n) is 3.96. The quantitative estimate of drug-likeness (QED) is 0.446. The normalized spacial score (nSPS) is 13.2. The van der Waals surface area contributed by atoms with Gasteiger partial charge in [-0.25, -0.2) is 0 Å². The van der Waals surface area contributed by atoms with Crippen molar-refractivity contribution in [3.63, 3.8) is 0 Å². The van der Waals surface area contributed by atoms with Crippen LogP contribution in [0.1, 0.15) is 33.6 Å². The second-order valence-electron chi connectivity index (χ2n) is 2.49. The number of halogens is 1. The van der Waals surface area contributed by atoms with Crippen molar-refractivity contribution in [1.29, 1.82) is 0 Å². The van der Waals surface area contributed by atoms with Gasteiger partial charge < -0.3 is 4.74 Å². The Morgan fingerprint density at radius 1 is 1.45 bits per heavy atom. The van der Waals surface area contributed by atoms with E-state index >= 15 is 0 Å². The minimum Gasteiger partial charge on any atom is -0.462 e. The van der Waals surface area contributed by atoms with E-state index in [1.807, 2.05) is 20.8 Å². The zero-order valence-electron chi connectivity index (χ0n) is 7.26. The van der Waals surface area contributed by atoms with Crippen molar-refractivity contribution in [2.45, 2.75) is 43.6 Å². The molecule has 0 N–H and O–H groups in total. The van der Waals surface area contributed by atoms with Crippen LogP contribution in [0.5, 0.6) is 0 Å². The fourth-order valence-electron chi connectivity index (χ4n) is 0.713. The van der Waals surface area contributed by atoms with Crippen molar-refractivity contribution < 1.29 is 9.53 Å². The van der Waals surface area contributed by atoms with Crippen LogP contribution in [0.3, 0.4) is 0 Å². The molecule has 0 aromatic carbocycles. The molecule has 0 aromatic heterocycles. The lowest BCUT2D eigenvalue weighted by atomic mass is 10.2. The number of ether oxygens (including phenoxy) is 1. The molecule has 1 atom stereocenters. The average molecular weight is 270 g/mol. The lowest BCUT2D eigenvalue weighted by Crippen LogP contribution is -2.21. The standard InChI is InChI=1S/C8H15IO2/c1-4-7(5-2)11-8(10)6(3)9/h6-7H,4-5H2,1-3H3. The molecular weight excluding hydrogens is 255 g/mol. The summed E-state index contributed by atoms with van der Waals surface area (Å²) < 4.78 is 5.13. The minimum atomic E-state index is -0.0979. The Labute approximate surface area is 81.8 Å². The smallest absolute Gasteiger partial charge is 0.318 e. The van der Waals surface area contributed by atoms with E-state index in [1.54, 1.807) is 0 Å². The number of hydrogen-bond donors (Lipinski definition) is 0. The van der Waals surface area contributed by atoms with E-state index in [4.69, 9.17) is 4.74 Å². The molecule has 2 nitrogen and oxygen atoms in total. The second-order valence-corrected chi connectivity index (χ2v) is 4.36. The Kier molecular flexibility index (Phi) is 5.91. The number of carbonyl (C=O) groups excluding carboxylic acids is 1. The summed E-state index contributed by atoms with van der Waals surface area (Å²) in [6, 6.07) is 0. The van der Waals surface area contributed by atoms with E-state index in [9.17, 15) is 4.79 Å².